The van der Waals surface area contributed by atoms with Gasteiger partial charge >= 0.3 is 11.9 Å². The van der Waals surface area contributed by atoms with E-state index in [4.69, 9.17) is 9.84 Å². The Labute approximate surface area is 96.3 Å². The molecule has 0 atom stereocenters. The van der Waals surface area contributed by atoms with Crippen LogP contribution < -0.4 is 0 Å². The van der Waals surface area contributed by atoms with E-state index in [1.165, 1.54) is 6.92 Å². The lowest BCUT2D eigenvalue weighted by molar-refractivity contribution is -0.141. The SMILES string of the molecule is CCCCOC(=O)/C(=C(/C)C(=O)O)C(C)C. The summed E-state index contributed by atoms with van der Waals surface area (Å²) in [7, 11) is 0. The van der Waals surface area contributed by atoms with Crippen molar-refractivity contribution in [1.29, 1.82) is 0 Å². The lowest BCUT2D eigenvalue weighted by Gasteiger charge is -2.12. The van der Waals surface area contributed by atoms with Crippen LogP contribution in [-0.4, -0.2) is 23.7 Å². The van der Waals surface area contributed by atoms with Gasteiger partial charge < -0.3 is 9.84 Å². The summed E-state index contributed by atoms with van der Waals surface area (Å²) in [6.45, 7) is 7.33. The van der Waals surface area contributed by atoms with Gasteiger partial charge in [0, 0.05) is 11.1 Å². The number of rotatable bonds is 6. The van der Waals surface area contributed by atoms with E-state index in [0.717, 1.165) is 12.8 Å². The number of unbranched alkanes of at least 4 members (excludes halogenated alkanes) is 1. The minimum atomic E-state index is -1.07. The monoisotopic (exact) mass is 228 g/mol. The van der Waals surface area contributed by atoms with Crippen LogP contribution in [0.4, 0.5) is 0 Å². The molecule has 0 aliphatic rings. The molecule has 1 N–H and O–H groups in total. The number of ether oxygens (including phenoxy) is 1. The number of hydrogen-bond donors (Lipinski definition) is 1. The molecule has 0 fully saturated rings. The van der Waals surface area contributed by atoms with Crippen molar-refractivity contribution in [2.45, 2.75) is 40.5 Å². The van der Waals surface area contributed by atoms with E-state index >= 15 is 0 Å². The van der Waals surface area contributed by atoms with Crippen molar-refractivity contribution in [2.75, 3.05) is 6.61 Å². The predicted octanol–water partition coefficient (Wildman–Crippen LogP) is 2.39. The van der Waals surface area contributed by atoms with Gasteiger partial charge in [-0.1, -0.05) is 27.2 Å². The van der Waals surface area contributed by atoms with Crippen molar-refractivity contribution in [3.05, 3.63) is 11.1 Å². The minimum Gasteiger partial charge on any atom is -0.478 e. The Hall–Kier alpha value is -1.32. The maximum atomic E-state index is 11.7. The first kappa shape index (κ1) is 14.7. The number of carbonyl (C=O) groups is 2. The first-order valence-corrected chi connectivity index (χ1v) is 5.53. The standard InChI is InChI=1S/C12H20O4/c1-5-6-7-16-12(15)10(8(2)3)9(4)11(13)14/h8H,5-7H2,1-4H3,(H,13,14)/b10-9-. The summed E-state index contributed by atoms with van der Waals surface area (Å²) in [6.07, 6.45) is 1.73. The normalized spacial score (nSPS) is 12.3. The van der Waals surface area contributed by atoms with Gasteiger partial charge in [0.05, 0.1) is 6.61 Å². The Morgan fingerprint density at radius 1 is 1.31 bits per heavy atom. The number of esters is 1. The third-order valence-corrected chi connectivity index (χ3v) is 2.25. The molecule has 0 unspecified atom stereocenters. The molecule has 0 saturated heterocycles. The fourth-order valence-corrected chi connectivity index (χ4v) is 1.32. The lowest BCUT2D eigenvalue weighted by atomic mass is 9.98. The summed E-state index contributed by atoms with van der Waals surface area (Å²) in [4.78, 5) is 22.5. The van der Waals surface area contributed by atoms with E-state index in [-0.39, 0.29) is 17.1 Å². The fraction of sp³-hybridized carbons (Fsp3) is 0.667. The molecule has 0 aromatic heterocycles. The molecule has 0 aromatic carbocycles. The Morgan fingerprint density at radius 2 is 1.88 bits per heavy atom. The Balaban J connectivity index is 4.74. The number of carbonyl (C=O) groups excluding carboxylic acids is 1. The second-order valence-corrected chi connectivity index (χ2v) is 3.99. The summed E-state index contributed by atoms with van der Waals surface area (Å²) in [5.74, 6) is -1.73. The van der Waals surface area contributed by atoms with Crippen LogP contribution in [0.3, 0.4) is 0 Å². The molecule has 0 spiro atoms. The third kappa shape index (κ3) is 4.47. The van der Waals surface area contributed by atoms with Gasteiger partial charge in [-0.15, -0.1) is 0 Å². The van der Waals surface area contributed by atoms with Crippen LogP contribution in [0.25, 0.3) is 0 Å². The molecule has 0 heterocycles. The Morgan fingerprint density at radius 3 is 2.25 bits per heavy atom. The van der Waals surface area contributed by atoms with E-state index < -0.39 is 11.9 Å². The van der Waals surface area contributed by atoms with Gasteiger partial charge in [0.2, 0.25) is 0 Å². The summed E-state index contributed by atoms with van der Waals surface area (Å²) in [5.41, 5.74) is 0.320. The molecule has 4 nitrogen and oxygen atoms in total. The van der Waals surface area contributed by atoms with Gasteiger partial charge in [0.25, 0.3) is 0 Å². The highest BCUT2D eigenvalue weighted by atomic mass is 16.5. The second kappa shape index (κ2) is 7.04. The molecule has 0 saturated carbocycles. The molecule has 0 aromatic rings. The highest BCUT2D eigenvalue weighted by Gasteiger charge is 2.21. The van der Waals surface area contributed by atoms with Gasteiger partial charge in [0.1, 0.15) is 0 Å². The molecule has 0 rings (SSSR count). The van der Waals surface area contributed by atoms with Crippen molar-refractivity contribution in [1.82, 2.24) is 0 Å². The van der Waals surface area contributed by atoms with Crippen molar-refractivity contribution in [2.24, 2.45) is 5.92 Å². The van der Waals surface area contributed by atoms with Crippen LogP contribution in [0.1, 0.15) is 40.5 Å². The molecule has 92 valence electrons. The van der Waals surface area contributed by atoms with E-state index in [0.29, 0.717) is 6.61 Å². The van der Waals surface area contributed by atoms with E-state index in [2.05, 4.69) is 0 Å². The van der Waals surface area contributed by atoms with Crippen LogP contribution in [0.15, 0.2) is 11.1 Å². The van der Waals surface area contributed by atoms with E-state index in [1.807, 2.05) is 6.92 Å². The third-order valence-electron chi connectivity index (χ3n) is 2.25. The number of aliphatic carboxylic acids is 1. The van der Waals surface area contributed by atoms with Crippen molar-refractivity contribution in [3.8, 4) is 0 Å². The van der Waals surface area contributed by atoms with Crippen LogP contribution in [0.5, 0.6) is 0 Å². The van der Waals surface area contributed by atoms with Gasteiger partial charge in [-0.25, -0.2) is 9.59 Å². The smallest absolute Gasteiger partial charge is 0.334 e. The first-order chi connectivity index (χ1) is 7.41. The van der Waals surface area contributed by atoms with Crippen LogP contribution >= 0.6 is 0 Å². The largest absolute Gasteiger partial charge is 0.478 e. The molecular weight excluding hydrogens is 208 g/mol. The Bertz CT molecular complexity index is 289. The van der Waals surface area contributed by atoms with E-state index in [9.17, 15) is 9.59 Å². The topological polar surface area (TPSA) is 63.6 Å². The minimum absolute atomic E-state index is 0.0662. The number of carboxylic acids is 1. The molecular formula is C12H20O4. The molecule has 16 heavy (non-hydrogen) atoms. The Kier molecular flexibility index (Phi) is 6.46. The highest BCUT2D eigenvalue weighted by molar-refractivity contribution is 5.99. The second-order valence-electron chi connectivity index (χ2n) is 3.99. The number of hydrogen-bond acceptors (Lipinski definition) is 3. The van der Waals surface area contributed by atoms with Crippen molar-refractivity contribution >= 4 is 11.9 Å². The summed E-state index contributed by atoms with van der Waals surface area (Å²) in [5, 5.41) is 8.86. The average Bonchev–Trinajstić information content (AvgIpc) is 2.17. The van der Waals surface area contributed by atoms with Crippen molar-refractivity contribution in [3.63, 3.8) is 0 Å². The van der Waals surface area contributed by atoms with Gasteiger partial charge in [-0.05, 0) is 19.3 Å². The van der Waals surface area contributed by atoms with Crippen LogP contribution in [0, 0.1) is 5.92 Å². The fourth-order valence-electron chi connectivity index (χ4n) is 1.32. The zero-order valence-corrected chi connectivity index (χ0v) is 10.4. The maximum Gasteiger partial charge on any atom is 0.334 e. The lowest BCUT2D eigenvalue weighted by Crippen LogP contribution is -2.17. The molecule has 0 bridgehead atoms. The van der Waals surface area contributed by atoms with Gasteiger partial charge in [0.15, 0.2) is 0 Å². The average molecular weight is 228 g/mol. The van der Waals surface area contributed by atoms with E-state index in [1.54, 1.807) is 13.8 Å². The molecule has 0 aliphatic carbocycles. The molecule has 4 heteroatoms. The zero-order valence-electron chi connectivity index (χ0n) is 10.4. The van der Waals surface area contributed by atoms with Crippen molar-refractivity contribution < 1.29 is 19.4 Å². The van der Waals surface area contributed by atoms with Crippen LogP contribution in [-0.2, 0) is 14.3 Å². The summed E-state index contributed by atoms with van der Waals surface area (Å²) in [6, 6.07) is 0. The number of carboxylic acid groups (broad SMARTS) is 1. The summed E-state index contributed by atoms with van der Waals surface area (Å²) < 4.78 is 5.02. The quantitative estimate of drug-likeness (QED) is 0.430. The maximum absolute atomic E-state index is 11.7. The molecule has 0 aliphatic heterocycles. The predicted molar refractivity (Wildman–Crippen MR) is 61.0 cm³/mol. The zero-order chi connectivity index (χ0) is 12.7. The summed E-state index contributed by atoms with van der Waals surface area (Å²) >= 11 is 0. The van der Waals surface area contributed by atoms with Gasteiger partial charge in [-0.3, -0.25) is 0 Å². The highest BCUT2D eigenvalue weighted by Crippen LogP contribution is 2.17. The molecule has 0 amide bonds. The van der Waals surface area contributed by atoms with Gasteiger partial charge in [-0.2, -0.15) is 0 Å². The van der Waals surface area contributed by atoms with Crippen LogP contribution in [0.2, 0.25) is 0 Å². The molecule has 0 radical (unpaired) electrons. The first-order valence-electron chi connectivity index (χ1n) is 5.53.